The normalized spacial score (nSPS) is 18.7. The molecule has 0 aliphatic heterocycles. The fraction of sp³-hybridized carbons (Fsp3) is 0.833. The Labute approximate surface area is 137 Å². The van der Waals surface area contributed by atoms with Crippen molar-refractivity contribution in [1.82, 2.24) is 0 Å². The molecule has 0 bridgehead atoms. The molecule has 0 saturated carbocycles. The zero-order chi connectivity index (χ0) is 12.9. The Balaban J connectivity index is 0. The summed E-state index contributed by atoms with van der Waals surface area (Å²) in [5.74, 6) is 0. The van der Waals surface area contributed by atoms with Crippen LogP contribution in [0.25, 0.3) is 0 Å². The maximum absolute atomic E-state index is 10.2. The van der Waals surface area contributed by atoms with E-state index in [0.29, 0.717) is 0 Å². The molecule has 0 rings (SSSR count). The molecule has 0 aromatic rings. The molecule has 98 valence electrons. The molecule has 4 atom stereocenters. The van der Waals surface area contributed by atoms with Crippen LogP contribution in [0.3, 0.4) is 0 Å². The summed E-state index contributed by atoms with van der Waals surface area (Å²) in [4.78, 5) is 26.6. The number of hydrogen-bond donors (Lipinski definition) is 6. The van der Waals surface area contributed by atoms with Crippen LogP contribution in [0, 0.1) is 0 Å². The van der Waals surface area contributed by atoms with E-state index < -0.39 is 38.8 Å². The molecule has 0 spiro atoms. The van der Waals surface area contributed by atoms with Crippen LogP contribution in [0.15, 0.2) is 0 Å². The predicted molar refractivity (Wildman–Crippen MR) is 53.8 cm³/mol. The minimum absolute atomic E-state index is 0. The number of hydrogen-bond acceptors (Lipinski definition) is 7. The summed E-state index contributed by atoms with van der Waals surface area (Å²) >= 11 is 0. The van der Waals surface area contributed by atoms with Crippen molar-refractivity contribution in [2.24, 2.45) is 0 Å². The van der Waals surface area contributed by atoms with Gasteiger partial charge in [0.15, 0.2) is 6.29 Å². The molecule has 0 unspecified atom stereocenters. The molecule has 0 aliphatic rings. The van der Waals surface area contributed by atoms with E-state index in [1.165, 1.54) is 0 Å². The van der Waals surface area contributed by atoms with Crippen LogP contribution in [0.1, 0.15) is 0 Å². The molecule has 0 heterocycles. The Morgan fingerprint density at radius 2 is 1.59 bits per heavy atom. The molecule has 0 aromatic heterocycles. The fourth-order valence-electron chi connectivity index (χ4n) is 0.782. The molecular formula is C6H13BaO9P. The number of aliphatic hydroxyl groups is 4. The zero-order valence-corrected chi connectivity index (χ0v) is 14.0. The molecule has 6 N–H and O–H groups in total. The smallest absolute Gasteiger partial charge is 0.388 e. The van der Waals surface area contributed by atoms with Crippen molar-refractivity contribution in [3.63, 3.8) is 0 Å². The van der Waals surface area contributed by atoms with Crippen LogP contribution in [0.4, 0.5) is 0 Å². The van der Waals surface area contributed by atoms with E-state index >= 15 is 0 Å². The van der Waals surface area contributed by atoms with Crippen molar-refractivity contribution in [3.05, 3.63) is 0 Å². The van der Waals surface area contributed by atoms with E-state index in [0.717, 1.165) is 0 Å². The van der Waals surface area contributed by atoms with Crippen molar-refractivity contribution in [1.29, 1.82) is 0 Å². The summed E-state index contributed by atoms with van der Waals surface area (Å²) in [6.45, 7) is -0.964. The second-order valence-corrected chi connectivity index (χ2v) is 4.20. The average Bonchev–Trinajstić information content (AvgIpc) is 2.21. The van der Waals surface area contributed by atoms with Crippen molar-refractivity contribution in [2.45, 2.75) is 24.4 Å². The molecule has 0 fully saturated rings. The van der Waals surface area contributed by atoms with Crippen molar-refractivity contribution in [2.75, 3.05) is 6.61 Å². The second-order valence-electron chi connectivity index (χ2n) is 2.96. The maximum atomic E-state index is 10.2. The van der Waals surface area contributed by atoms with Crippen LogP contribution in [0.5, 0.6) is 0 Å². The van der Waals surface area contributed by atoms with E-state index in [1.54, 1.807) is 0 Å². The Morgan fingerprint density at radius 1 is 1.12 bits per heavy atom. The first-order valence-electron chi connectivity index (χ1n) is 4.06. The maximum Gasteiger partial charge on any atom is 0.469 e. The third kappa shape index (κ3) is 8.83. The summed E-state index contributed by atoms with van der Waals surface area (Å²) in [5, 5.41) is 36.1. The van der Waals surface area contributed by atoms with E-state index in [2.05, 4.69) is 4.52 Å². The van der Waals surface area contributed by atoms with Crippen LogP contribution >= 0.6 is 7.82 Å². The summed E-state index contributed by atoms with van der Waals surface area (Å²) < 4.78 is 14.1. The minimum Gasteiger partial charge on any atom is -0.388 e. The molecule has 17 heavy (non-hydrogen) atoms. The number of carbonyl (C=O) groups is 1. The fourth-order valence-corrected chi connectivity index (χ4v) is 1.13. The van der Waals surface area contributed by atoms with Crippen LogP contribution in [-0.4, -0.2) is 116 Å². The first kappa shape index (κ1) is 20.5. The number of carbonyl (C=O) groups excluding carboxylic acids is 1. The van der Waals surface area contributed by atoms with Crippen LogP contribution in [-0.2, 0) is 13.9 Å². The van der Waals surface area contributed by atoms with Gasteiger partial charge in [-0.1, -0.05) is 0 Å². The van der Waals surface area contributed by atoms with Gasteiger partial charge in [-0.2, -0.15) is 0 Å². The zero-order valence-electron chi connectivity index (χ0n) is 8.66. The van der Waals surface area contributed by atoms with Gasteiger partial charge in [0.25, 0.3) is 0 Å². The molecule has 11 heteroatoms. The minimum atomic E-state index is -4.80. The van der Waals surface area contributed by atoms with Crippen LogP contribution in [0.2, 0.25) is 0 Å². The molecule has 0 saturated heterocycles. The summed E-state index contributed by atoms with van der Waals surface area (Å²) in [5.41, 5.74) is 0. The average molecular weight is 397 g/mol. The van der Waals surface area contributed by atoms with Gasteiger partial charge in [0, 0.05) is 48.9 Å². The summed E-state index contributed by atoms with van der Waals surface area (Å²) in [6.07, 6.45) is -7.80. The number of phosphoric ester groups is 1. The van der Waals surface area contributed by atoms with E-state index in [-0.39, 0.29) is 55.2 Å². The first-order chi connectivity index (χ1) is 7.19. The van der Waals surface area contributed by atoms with Gasteiger partial charge in [0.1, 0.15) is 24.4 Å². The van der Waals surface area contributed by atoms with Gasteiger partial charge in [-0.3, -0.25) is 4.52 Å². The Kier molecular flexibility index (Phi) is 11.0. The van der Waals surface area contributed by atoms with Crippen molar-refractivity contribution in [3.8, 4) is 0 Å². The number of phosphoric acid groups is 1. The molecular weight excluding hydrogens is 384 g/mol. The van der Waals surface area contributed by atoms with Gasteiger partial charge in [-0.15, -0.1) is 0 Å². The standard InChI is InChI=1S/C6H13O9P.Ba/c7-1-3(8)5(10)6(11)4(9)2-15-16(12,13)14;/h1,3-6,8-11H,2H2,(H2,12,13,14);/t3-,4+,5+,6-;/m0./s1. The predicted octanol–water partition coefficient (Wildman–Crippen LogP) is -3.64. The van der Waals surface area contributed by atoms with E-state index in [9.17, 15) is 9.36 Å². The molecule has 0 aliphatic carbocycles. The Bertz CT molecular complexity index is 268. The third-order valence-electron chi connectivity index (χ3n) is 1.65. The van der Waals surface area contributed by atoms with Gasteiger partial charge in [-0.05, 0) is 0 Å². The topological polar surface area (TPSA) is 165 Å². The summed E-state index contributed by atoms with van der Waals surface area (Å²) in [6, 6.07) is 0. The van der Waals surface area contributed by atoms with Gasteiger partial charge in [0.05, 0.1) is 6.61 Å². The number of rotatable bonds is 7. The van der Waals surface area contributed by atoms with E-state index in [4.69, 9.17) is 30.2 Å². The Hall–Kier alpha value is 1.19. The summed E-state index contributed by atoms with van der Waals surface area (Å²) in [7, 11) is -4.80. The van der Waals surface area contributed by atoms with E-state index in [1.807, 2.05) is 0 Å². The van der Waals surface area contributed by atoms with Gasteiger partial charge in [0.2, 0.25) is 0 Å². The Morgan fingerprint density at radius 3 is 1.94 bits per heavy atom. The molecule has 2 radical (unpaired) electrons. The largest absolute Gasteiger partial charge is 0.469 e. The molecule has 0 amide bonds. The molecule has 0 aromatic carbocycles. The van der Waals surface area contributed by atoms with Gasteiger partial charge < -0.3 is 35.0 Å². The third-order valence-corrected chi connectivity index (χ3v) is 2.13. The van der Waals surface area contributed by atoms with Gasteiger partial charge in [-0.25, -0.2) is 4.57 Å². The second kappa shape index (κ2) is 9.15. The number of aliphatic hydroxyl groups excluding tert-OH is 4. The van der Waals surface area contributed by atoms with Gasteiger partial charge >= 0.3 is 7.82 Å². The van der Waals surface area contributed by atoms with Crippen molar-refractivity contribution < 1.29 is 44.1 Å². The first-order valence-corrected chi connectivity index (χ1v) is 5.59. The monoisotopic (exact) mass is 398 g/mol. The SMILES string of the molecule is O=C[C@H](O)[C@@H](O)[C@@H](O)[C@H](O)COP(=O)(O)O.[Ba]. The van der Waals surface area contributed by atoms with Crippen molar-refractivity contribution >= 4 is 63.0 Å². The quantitative estimate of drug-likeness (QED) is 0.144. The number of aldehydes is 1. The van der Waals surface area contributed by atoms with Crippen LogP contribution < -0.4 is 0 Å². The molecule has 9 nitrogen and oxygen atoms in total.